The van der Waals surface area contributed by atoms with E-state index in [0.29, 0.717) is 16.7 Å². The molecule has 0 spiro atoms. The van der Waals surface area contributed by atoms with Gasteiger partial charge in [0.25, 0.3) is 5.56 Å². The number of nitrogens with zero attached hydrogens (tertiary/aromatic N) is 2. The molecule has 29 heavy (non-hydrogen) atoms. The van der Waals surface area contributed by atoms with Crippen LogP contribution in [0.3, 0.4) is 0 Å². The highest BCUT2D eigenvalue weighted by Gasteiger charge is 2.31. The molecule has 152 valence electrons. The Morgan fingerprint density at radius 2 is 1.90 bits per heavy atom. The number of benzene rings is 2. The second-order valence-electron chi connectivity index (χ2n) is 6.38. The Kier molecular flexibility index (Phi) is 5.27. The van der Waals surface area contributed by atoms with Crippen molar-refractivity contribution in [3.8, 4) is 11.5 Å². The van der Waals surface area contributed by atoms with E-state index in [1.54, 1.807) is 18.2 Å². The molecule has 5 nitrogen and oxygen atoms in total. The molecule has 1 heterocycles. The van der Waals surface area contributed by atoms with E-state index in [-0.39, 0.29) is 22.0 Å². The summed E-state index contributed by atoms with van der Waals surface area (Å²) < 4.78 is 45.6. The summed E-state index contributed by atoms with van der Waals surface area (Å²) in [5.41, 5.74) is -0.990. The zero-order valence-electron chi connectivity index (χ0n) is 15.7. The fourth-order valence-corrected chi connectivity index (χ4v) is 3.30. The van der Waals surface area contributed by atoms with Crippen molar-refractivity contribution in [1.82, 2.24) is 4.57 Å². The van der Waals surface area contributed by atoms with Crippen molar-refractivity contribution in [2.75, 3.05) is 19.1 Å². The van der Waals surface area contributed by atoms with Gasteiger partial charge in [-0.2, -0.15) is 13.2 Å². The number of hydrogen-bond acceptors (Lipinski definition) is 4. The zero-order valence-corrected chi connectivity index (χ0v) is 16.6. The minimum absolute atomic E-state index is 0.104. The van der Waals surface area contributed by atoms with E-state index in [2.05, 4.69) is 0 Å². The maximum atomic E-state index is 13.0. The average molecular weight is 422 g/mol. The van der Waals surface area contributed by atoms with Gasteiger partial charge in [0.2, 0.25) is 0 Å². The van der Waals surface area contributed by atoms with Crippen molar-refractivity contribution in [3.63, 3.8) is 0 Å². The SMILES string of the molecule is COc1ccc2c(c1)c(O)c(C(=S)N(C)c1cccc(C(F)(F)F)c1)c(=O)n2C. The number of aromatic hydroxyl groups is 1. The Labute approximate surface area is 169 Å². The van der Waals surface area contributed by atoms with E-state index in [1.807, 2.05) is 0 Å². The van der Waals surface area contributed by atoms with Gasteiger partial charge in [-0.1, -0.05) is 18.3 Å². The third-order valence-corrected chi connectivity index (χ3v) is 5.13. The van der Waals surface area contributed by atoms with Crippen molar-refractivity contribution in [3.05, 3.63) is 63.9 Å². The maximum absolute atomic E-state index is 13.0. The third-order valence-electron chi connectivity index (χ3n) is 4.65. The highest BCUT2D eigenvalue weighted by molar-refractivity contribution is 7.81. The van der Waals surface area contributed by atoms with Gasteiger partial charge in [-0.05, 0) is 36.4 Å². The molecular weight excluding hydrogens is 405 g/mol. The van der Waals surface area contributed by atoms with Gasteiger partial charge in [0.15, 0.2) is 0 Å². The topological polar surface area (TPSA) is 54.7 Å². The molecule has 0 saturated heterocycles. The summed E-state index contributed by atoms with van der Waals surface area (Å²) in [5, 5.41) is 11.1. The van der Waals surface area contributed by atoms with E-state index in [0.717, 1.165) is 12.1 Å². The van der Waals surface area contributed by atoms with Crippen LogP contribution >= 0.6 is 12.2 Å². The molecule has 3 rings (SSSR count). The van der Waals surface area contributed by atoms with Crippen LogP contribution in [-0.2, 0) is 13.2 Å². The number of pyridine rings is 1. The molecule has 0 aliphatic rings. The highest BCUT2D eigenvalue weighted by atomic mass is 32.1. The first kappa shape index (κ1) is 20.7. The highest BCUT2D eigenvalue weighted by Crippen LogP contribution is 2.33. The number of aryl methyl sites for hydroxylation is 1. The van der Waals surface area contributed by atoms with Crippen LogP contribution in [0.25, 0.3) is 10.9 Å². The Bertz CT molecular complexity index is 1170. The molecule has 0 saturated carbocycles. The van der Waals surface area contributed by atoms with Gasteiger partial charge in [0.1, 0.15) is 22.1 Å². The molecule has 0 atom stereocenters. The summed E-state index contributed by atoms with van der Waals surface area (Å²) in [6, 6.07) is 9.39. The predicted molar refractivity (Wildman–Crippen MR) is 109 cm³/mol. The Balaban J connectivity index is 2.15. The lowest BCUT2D eigenvalue weighted by molar-refractivity contribution is -0.137. The van der Waals surface area contributed by atoms with Crippen molar-refractivity contribution in [2.45, 2.75) is 6.18 Å². The van der Waals surface area contributed by atoms with Gasteiger partial charge in [0.05, 0.1) is 18.2 Å². The molecule has 0 aliphatic heterocycles. The van der Waals surface area contributed by atoms with Gasteiger partial charge in [-0.25, -0.2) is 0 Å². The van der Waals surface area contributed by atoms with Crippen LogP contribution in [0.2, 0.25) is 0 Å². The number of aromatic nitrogens is 1. The lowest BCUT2D eigenvalue weighted by Crippen LogP contribution is -2.33. The molecule has 2 aromatic carbocycles. The number of thiocarbonyl (C=S) groups is 1. The van der Waals surface area contributed by atoms with Crippen LogP contribution in [0.4, 0.5) is 18.9 Å². The van der Waals surface area contributed by atoms with Crippen LogP contribution in [0.15, 0.2) is 47.3 Å². The van der Waals surface area contributed by atoms with Gasteiger partial charge >= 0.3 is 6.18 Å². The van der Waals surface area contributed by atoms with Gasteiger partial charge in [-0.3, -0.25) is 4.79 Å². The molecule has 3 aromatic rings. The monoisotopic (exact) mass is 422 g/mol. The number of alkyl halides is 3. The molecule has 0 radical (unpaired) electrons. The van der Waals surface area contributed by atoms with E-state index >= 15 is 0 Å². The van der Waals surface area contributed by atoms with Crippen LogP contribution in [0.1, 0.15) is 11.1 Å². The van der Waals surface area contributed by atoms with Gasteiger partial charge in [0, 0.05) is 25.2 Å². The number of rotatable bonds is 3. The average Bonchev–Trinajstić information content (AvgIpc) is 2.70. The maximum Gasteiger partial charge on any atom is 0.416 e. The summed E-state index contributed by atoms with van der Waals surface area (Å²) in [4.78, 5) is 14.0. The summed E-state index contributed by atoms with van der Waals surface area (Å²) in [6.07, 6.45) is -4.52. The fraction of sp³-hybridized carbons (Fsp3) is 0.200. The molecule has 1 aromatic heterocycles. The minimum atomic E-state index is -4.52. The van der Waals surface area contributed by atoms with Crippen molar-refractivity contribution >= 4 is 33.8 Å². The van der Waals surface area contributed by atoms with E-state index in [4.69, 9.17) is 17.0 Å². The summed E-state index contributed by atoms with van der Waals surface area (Å²) >= 11 is 5.36. The second-order valence-corrected chi connectivity index (χ2v) is 6.77. The number of hydrogen-bond donors (Lipinski definition) is 1. The van der Waals surface area contributed by atoms with E-state index < -0.39 is 17.3 Å². The van der Waals surface area contributed by atoms with E-state index in [1.165, 1.54) is 42.8 Å². The first-order valence-corrected chi connectivity index (χ1v) is 8.82. The molecular formula is C20H17F3N2O3S. The van der Waals surface area contributed by atoms with Crippen LogP contribution < -0.4 is 15.2 Å². The van der Waals surface area contributed by atoms with Crippen molar-refractivity contribution in [1.29, 1.82) is 0 Å². The first-order valence-electron chi connectivity index (χ1n) is 8.41. The Morgan fingerprint density at radius 1 is 1.21 bits per heavy atom. The lowest BCUT2D eigenvalue weighted by atomic mass is 10.1. The zero-order chi connectivity index (χ0) is 21.5. The molecule has 0 bridgehead atoms. The number of fused-ring (bicyclic) bond motifs is 1. The number of halogens is 3. The smallest absolute Gasteiger partial charge is 0.416 e. The third kappa shape index (κ3) is 3.65. The summed E-state index contributed by atoms with van der Waals surface area (Å²) in [7, 11) is 4.42. The first-order chi connectivity index (χ1) is 13.6. The predicted octanol–water partition coefficient (Wildman–Crippen LogP) is 4.08. The second kappa shape index (κ2) is 7.40. The molecule has 1 N–H and O–H groups in total. The van der Waals surface area contributed by atoms with Crippen LogP contribution in [0, 0.1) is 0 Å². The van der Waals surface area contributed by atoms with Crippen LogP contribution in [-0.4, -0.2) is 28.8 Å². The minimum Gasteiger partial charge on any atom is -0.506 e. The number of anilines is 1. The fourth-order valence-electron chi connectivity index (χ4n) is 3.01. The van der Waals surface area contributed by atoms with Crippen LogP contribution in [0.5, 0.6) is 11.5 Å². The molecule has 0 amide bonds. The van der Waals surface area contributed by atoms with Crippen molar-refractivity contribution in [2.24, 2.45) is 7.05 Å². The summed E-state index contributed by atoms with van der Waals surface area (Å²) in [6.45, 7) is 0. The van der Waals surface area contributed by atoms with Gasteiger partial charge < -0.3 is 19.3 Å². The summed E-state index contributed by atoms with van der Waals surface area (Å²) in [5.74, 6) is 0.111. The normalized spacial score (nSPS) is 11.5. The standard InChI is InChI=1S/C20H17F3N2O3S/c1-24(12-6-4-5-11(9-12)20(21,22)23)19(29)16-17(26)14-10-13(28-3)7-8-15(14)25(2)18(16)27/h4-10,26H,1-3H3. The molecule has 0 aliphatic carbocycles. The van der Waals surface area contributed by atoms with Crippen molar-refractivity contribution < 1.29 is 23.0 Å². The Hall–Kier alpha value is -3.07. The number of ether oxygens (including phenoxy) is 1. The van der Waals surface area contributed by atoms with Gasteiger partial charge in [-0.15, -0.1) is 0 Å². The number of methoxy groups -OCH3 is 1. The Morgan fingerprint density at radius 3 is 2.52 bits per heavy atom. The molecule has 0 unspecified atom stereocenters. The largest absolute Gasteiger partial charge is 0.506 e. The molecule has 0 fully saturated rings. The van der Waals surface area contributed by atoms with E-state index in [9.17, 15) is 23.1 Å². The lowest BCUT2D eigenvalue weighted by Gasteiger charge is -2.22. The quantitative estimate of drug-likeness (QED) is 0.645. The molecule has 9 heteroatoms.